The minimum atomic E-state index is -0.458. The topological polar surface area (TPSA) is 20.2 Å². The zero-order valence-corrected chi connectivity index (χ0v) is 3.81. The van der Waals surface area contributed by atoms with Crippen molar-refractivity contribution in [3.05, 3.63) is 12.2 Å². The van der Waals surface area contributed by atoms with Gasteiger partial charge in [-0.1, -0.05) is 12.2 Å². The van der Waals surface area contributed by atoms with Crippen LogP contribution in [0.5, 0.6) is 0 Å². The largest absolute Gasteiger partial charge is 0.386 e. The monoisotopic (exact) mass is 84.1 g/mol. The fraction of sp³-hybridized carbons (Fsp3) is 0.600. The van der Waals surface area contributed by atoms with Crippen LogP contribution in [0.1, 0.15) is 13.3 Å². The number of hydrogen-bond donors (Lipinski definition) is 1. The number of hydrogen-bond acceptors (Lipinski definition) is 1. The molecule has 0 saturated carbocycles. The van der Waals surface area contributed by atoms with Gasteiger partial charge in [0.05, 0.1) is 5.60 Å². The first-order chi connectivity index (χ1) is 2.71. The van der Waals surface area contributed by atoms with Crippen molar-refractivity contribution >= 4 is 0 Å². The Morgan fingerprint density at radius 1 is 1.83 bits per heavy atom. The highest BCUT2D eigenvalue weighted by Gasteiger charge is 2.19. The Balaban J connectivity index is 2.57. The van der Waals surface area contributed by atoms with E-state index in [1.807, 2.05) is 6.08 Å². The van der Waals surface area contributed by atoms with Gasteiger partial charge in [-0.3, -0.25) is 0 Å². The van der Waals surface area contributed by atoms with Crippen molar-refractivity contribution in [1.29, 1.82) is 0 Å². The summed E-state index contributed by atoms with van der Waals surface area (Å²) in [6.45, 7) is 1.80. The molecule has 0 aliphatic heterocycles. The molecule has 1 N–H and O–H groups in total. The zero-order chi connectivity index (χ0) is 4.62. The van der Waals surface area contributed by atoms with Crippen molar-refractivity contribution < 1.29 is 5.11 Å². The van der Waals surface area contributed by atoms with Gasteiger partial charge in [0.2, 0.25) is 0 Å². The minimum absolute atomic E-state index is 0.458. The van der Waals surface area contributed by atoms with Crippen molar-refractivity contribution in [2.45, 2.75) is 18.9 Å². The van der Waals surface area contributed by atoms with Crippen LogP contribution in [-0.2, 0) is 0 Å². The summed E-state index contributed by atoms with van der Waals surface area (Å²) in [6.07, 6.45) is 4.58. The lowest BCUT2D eigenvalue weighted by atomic mass is 9.92. The van der Waals surface area contributed by atoms with E-state index in [2.05, 4.69) is 0 Å². The second-order valence-corrected chi connectivity index (χ2v) is 1.96. The van der Waals surface area contributed by atoms with Crippen LogP contribution in [0.2, 0.25) is 0 Å². The van der Waals surface area contributed by atoms with Gasteiger partial charge in [0, 0.05) is 0 Å². The summed E-state index contributed by atoms with van der Waals surface area (Å²) in [6, 6.07) is 0. The predicted molar refractivity (Wildman–Crippen MR) is 24.4 cm³/mol. The van der Waals surface area contributed by atoms with Crippen LogP contribution in [-0.4, -0.2) is 10.7 Å². The first-order valence-electron chi connectivity index (χ1n) is 2.11. The first kappa shape index (κ1) is 3.88. The second kappa shape index (κ2) is 0.850. The van der Waals surface area contributed by atoms with Crippen LogP contribution in [0.4, 0.5) is 0 Å². The molecule has 0 radical (unpaired) electrons. The van der Waals surface area contributed by atoms with Crippen LogP contribution < -0.4 is 0 Å². The van der Waals surface area contributed by atoms with Gasteiger partial charge in [-0.25, -0.2) is 0 Å². The molecule has 1 aliphatic rings. The van der Waals surface area contributed by atoms with Crippen LogP contribution in [0.25, 0.3) is 0 Å². The first-order valence-corrected chi connectivity index (χ1v) is 2.11. The van der Waals surface area contributed by atoms with Crippen LogP contribution in [0.15, 0.2) is 12.2 Å². The Morgan fingerprint density at radius 2 is 2.17 bits per heavy atom. The van der Waals surface area contributed by atoms with E-state index >= 15 is 0 Å². The summed E-state index contributed by atoms with van der Waals surface area (Å²) in [7, 11) is 0. The van der Waals surface area contributed by atoms with Crippen molar-refractivity contribution in [3.63, 3.8) is 0 Å². The summed E-state index contributed by atoms with van der Waals surface area (Å²) in [5.41, 5.74) is -0.458. The molecule has 0 saturated heterocycles. The molecule has 0 spiro atoms. The van der Waals surface area contributed by atoms with Gasteiger partial charge >= 0.3 is 0 Å². The molecule has 34 valence electrons. The molecule has 0 fully saturated rings. The molecular formula is C5H8O. The van der Waals surface area contributed by atoms with Gasteiger partial charge in [-0.05, 0) is 13.3 Å². The van der Waals surface area contributed by atoms with E-state index in [0.717, 1.165) is 6.42 Å². The van der Waals surface area contributed by atoms with Gasteiger partial charge in [0.25, 0.3) is 0 Å². The fourth-order valence-electron chi connectivity index (χ4n) is 0.459. The maximum atomic E-state index is 8.83. The summed E-state index contributed by atoms with van der Waals surface area (Å²) < 4.78 is 0. The number of rotatable bonds is 0. The maximum absolute atomic E-state index is 8.83. The molecule has 6 heavy (non-hydrogen) atoms. The Labute approximate surface area is 37.3 Å². The van der Waals surface area contributed by atoms with Gasteiger partial charge < -0.3 is 5.11 Å². The van der Waals surface area contributed by atoms with Crippen LogP contribution in [0.3, 0.4) is 0 Å². The molecule has 1 atom stereocenters. The summed E-state index contributed by atoms with van der Waals surface area (Å²) in [5.74, 6) is 0. The fourth-order valence-corrected chi connectivity index (χ4v) is 0.459. The summed E-state index contributed by atoms with van der Waals surface area (Å²) in [4.78, 5) is 0. The smallest absolute Gasteiger partial charge is 0.0833 e. The molecular weight excluding hydrogens is 76.1 g/mol. The van der Waals surface area contributed by atoms with Gasteiger partial charge in [0.1, 0.15) is 0 Å². The third-order valence-electron chi connectivity index (χ3n) is 1.01. The number of aliphatic hydroxyl groups is 1. The van der Waals surface area contributed by atoms with Crippen molar-refractivity contribution in [1.82, 2.24) is 0 Å². The van der Waals surface area contributed by atoms with Gasteiger partial charge in [0.15, 0.2) is 0 Å². The normalized spacial score (nSPS) is 42.3. The second-order valence-electron chi connectivity index (χ2n) is 1.96. The molecule has 1 unspecified atom stereocenters. The molecule has 1 rings (SSSR count). The highest BCUT2D eigenvalue weighted by Crippen LogP contribution is 2.20. The third kappa shape index (κ3) is 0.455. The van der Waals surface area contributed by atoms with Gasteiger partial charge in [-0.2, -0.15) is 0 Å². The lowest BCUT2D eigenvalue weighted by Gasteiger charge is -2.23. The van der Waals surface area contributed by atoms with E-state index in [4.69, 9.17) is 5.11 Å². The Kier molecular flexibility index (Phi) is 0.549. The van der Waals surface area contributed by atoms with Gasteiger partial charge in [-0.15, -0.1) is 0 Å². The molecule has 1 heteroatoms. The molecule has 0 aromatic carbocycles. The van der Waals surface area contributed by atoms with Crippen molar-refractivity contribution in [2.24, 2.45) is 0 Å². The van der Waals surface area contributed by atoms with E-state index < -0.39 is 5.60 Å². The molecule has 0 bridgehead atoms. The van der Waals surface area contributed by atoms with Crippen molar-refractivity contribution in [2.75, 3.05) is 0 Å². The lowest BCUT2D eigenvalue weighted by molar-refractivity contribution is 0.0977. The molecule has 0 heterocycles. The average Bonchev–Trinajstić information content (AvgIpc) is 1.32. The standard InChI is InChI=1S/C5H8O/c1-5(6)3-2-4-5/h2-3,6H,4H2,1H3. The van der Waals surface area contributed by atoms with E-state index in [9.17, 15) is 0 Å². The Hall–Kier alpha value is -0.300. The van der Waals surface area contributed by atoms with Crippen molar-refractivity contribution in [3.8, 4) is 0 Å². The highest BCUT2D eigenvalue weighted by molar-refractivity contribution is 5.11. The van der Waals surface area contributed by atoms with Crippen LogP contribution in [0, 0.1) is 0 Å². The van der Waals surface area contributed by atoms with E-state index in [1.165, 1.54) is 0 Å². The average molecular weight is 84.1 g/mol. The predicted octanol–water partition coefficient (Wildman–Crippen LogP) is 0.697. The molecule has 1 aliphatic carbocycles. The molecule has 0 aromatic rings. The maximum Gasteiger partial charge on any atom is 0.0833 e. The summed E-state index contributed by atoms with van der Waals surface area (Å²) >= 11 is 0. The lowest BCUT2D eigenvalue weighted by Crippen LogP contribution is -2.25. The minimum Gasteiger partial charge on any atom is -0.386 e. The Bertz CT molecular complexity index is 81.9. The summed E-state index contributed by atoms with van der Waals surface area (Å²) in [5, 5.41) is 8.83. The third-order valence-corrected chi connectivity index (χ3v) is 1.01. The van der Waals surface area contributed by atoms with E-state index in [0.29, 0.717) is 0 Å². The van der Waals surface area contributed by atoms with E-state index in [-0.39, 0.29) is 0 Å². The highest BCUT2D eigenvalue weighted by atomic mass is 16.3. The van der Waals surface area contributed by atoms with Crippen LogP contribution >= 0.6 is 0 Å². The quantitative estimate of drug-likeness (QED) is 0.428. The molecule has 0 amide bonds. The van der Waals surface area contributed by atoms with E-state index in [1.54, 1.807) is 13.0 Å². The molecule has 1 nitrogen and oxygen atoms in total. The molecule has 0 aromatic heterocycles. The Morgan fingerprint density at radius 3 is 2.17 bits per heavy atom. The zero-order valence-electron chi connectivity index (χ0n) is 3.81. The SMILES string of the molecule is CC1(O)C=CC1.